The van der Waals surface area contributed by atoms with Gasteiger partial charge in [-0.3, -0.25) is 4.57 Å². The first-order valence-electron chi connectivity index (χ1n) is 12.9. The van der Waals surface area contributed by atoms with Crippen LogP contribution in [0.4, 0.5) is 35.7 Å². The predicted molar refractivity (Wildman–Crippen MR) is 141 cm³/mol. The number of carboxylic acid groups (broad SMARTS) is 1. The molecule has 1 amide bonds. The van der Waals surface area contributed by atoms with E-state index in [-0.39, 0.29) is 28.9 Å². The molecular weight excluding hydrogens is 533 g/mol. The summed E-state index contributed by atoms with van der Waals surface area (Å²) in [5.41, 5.74) is -0.173. The number of fused-ring (bicyclic) bond motifs is 1. The quantitative estimate of drug-likeness (QED) is 0.472. The normalized spacial score (nSPS) is 16.9. The molecule has 2 fully saturated rings. The monoisotopic (exact) mass is 564 g/mol. The number of piperazine rings is 1. The van der Waals surface area contributed by atoms with Crippen LogP contribution in [0.2, 0.25) is 0 Å². The highest BCUT2D eigenvalue weighted by Crippen LogP contribution is 2.33. The van der Waals surface area contributed by atoms with Crippen molar-refractivity contribution < 1.29 is 27.8 Å². The van der Waals surface area contributed by atoms with Gasteiger partial charge in [0.15, 0.2) is 22.8 Å². The lowest BCUT2D eigenvalue weighted by atomic mass is 10.1. The predicted octanol–water partition coefficient (Wildman–Crippen LogP) is 2.37. The van der Waals surface area contributed by atoms with Crippen molar-refractivity contribution in [1.82, 2.24) is 34.8 Å². The smallest absolute Gasteiger partial charge is 0.414 e. The van der Waals surface area contributed by atoms with Gasteiger partial charge >= 0.3 is 12.3 Å². The number of ether oxygens (including phenoxy) is 1. The molecule has 2 aliphatic heterocycles. The van der Waals surface area contributed by atoms with Gasteiger partial charge in [0, 0.05) is 57.2 Å². The second-order valence-corrected chi connectivity index (χ2v) is 10.6. The average molecular weight is 565 g/mol. The van der Waals surface area contributed by atoms with Crippen molar-refractivity contribution in [2.24, 2.45) is 0 Å². The average Bonchev–Trinajstić information content (AvgIpc) is 3.25. The van der Waals surface area contributed by atoms with Crippen molar-refractivity contribution in [1.29, 1.82) is 0 Å². The third-order valence-electron chi connectivity index (χ3n) is 6.56. The summed E-state index contributed by atoms with van der Waals surface area (Å²) >= 11 is 0. The van der Waals surface area contributed by atoms with Crippen LogP contribution in [0.5, 0.6) is 0 Å². The van der Waals surface area contributed by atoms with Gasteiger partial charge in [-0.15, -0.1) is 0 Å². The molecule has 2 N–H and O–H groups in total. The molecule has 0 atom stereocenters. The second-order valence-electron chi connectivity index (χ2n) is 10.6. The fourth-order valence-electron chi connectivity index (χ4n) is 4.76. The molecule has 0 bridgehead atoms. The summed E-state index contributed by atoms with van der Waals surface area (Å²) in [5.74, 6) is 0.643. The van der Waals surface area contributed by atoms with Crippen molar-refractivity contribution >= 4 is 35.0 Å². The van der Waals surface area contributed by atoms with E-state index >= 15 is 0 Å². The number of amides is 1. The standard InChI is InChI=1S/C24H31F3N10O3/c1-23(2,3)37(22(38)39)20-29-12-15(13-30-20)17-32-18(34-8-10-40-11-9-34)16-19(33-17)36(14-24(25,26)27)21(31-16)35-6-4-28-5-7-35/h12-13,28H,4-11,14H2,1-3H3,(H,38,39). The van der Waals surface area contributed by atoms with E-state index in [4.69, 9.17) is 9.72 Å². The summed E-state index contributed by atoms with van der Waals surface area (Å²) in [6.07, 6.45) is -2.99. The van der Waals surface area contributed by atoms with Gasteiger partial charge in [-0.25, -0.2) is 34.6 Å². The number of anilines is 3. The number of nitrogens with zero attached hydrogens (tertiary/aromatic N) is 9. The zero-order valence-electron chi connectivity index (χ0n) is 22.4. The first-order valence-corrected chi connectivity index (χ1v) is 12.9. The number of alkyl halides is 3. The number of carbonyl (C=O) groups is 1. The highest BCUT2D eigenvalue weighted by Gasteiger charge is 2.34. The molecule has 5 heterocycles. The number of nitrogens with one attached hydrogen (secondary N) is 1. The van der Waals surface area contributed by atoms with Crippen LogP contribution in [0, 0.1) is 0 Å². The SMILES string of the molecule is CC(C)(C)N(C(=O)O)c1ncc(-c2nc(N3CCOCC3)c3nc(N4CCNCC4)n(CC(F)(F)F)c3n2)cn1. The van der Waals surface area contributed by atoms with Gasteiger partial charge in [-0.2, -0.15) is 13.2 Å². The molecule has 13 nitrogen and oxygen atoms in total. The highest BCUT2D eigenvalue weighted by molar-refractivity contribution is 5.88. The van der Waals surface area contributed by atoms with Crippen LogP contribution in [0.3, 0.4) is 0 Å². The van der Waals surface area contributed by atoms with Gasteiger partial charge in [-0.05, 0) is 20.8 Å². The van der Waals surface area contributed by atoms with Gasteiger partial charge in [0.05, 0.1) is 18.8 Å². The Morgan fingerprint density at radius 1 is 1.02 bits per heavy atom. The summed E-state index contributed by atoms with van der Waals surface area (Å²) in [6.45, 7) is 7.93. The lowest BCUT2D eigenvalue weighted by molar-refractivity contribution is -0.139. The Kier molecular flexibility index (Phi) is 7.39. The molecule has 3 aromatic rings. The Morgan fingerprint density at radius 3 is 2.25 bits per heavy atom. The molecule has 0 unspecified atom stereocenters. The second kappa shape index (κ2) is 10.6. The zero-order valence-corrected chi connectivity index (χ0v) is 22.4. The molecule has 0 aliphatic carbocycles. The number of halogens is 3. The lowest BCUT2D eigenvalue weighted by Crippen LogP contribution is -2.46. The summed E-state index contributed by atoms with van der Waals surface area (Å²) in [6, 6.07) is 0. The van der Waals surface area contributed by atoms with E-state index in [2.05, 4.69) is 25.3 Å². The third kappa shape index (κ3) is 5.72. The molecular formula is C24H31F3N10O3. The molecule has 5 rings (SSSR count). The van der Waals surface area contributed by atoms with Crippen LogP contribution in [-0.4, -0.2) is 105 Å². The van der Waals surface area contributed by atoms with E-state index in [0.717, 1.165) is 9.47 Å². The van der Waals surface area contributed by atoms with Crippen LogP contribution >= 0.6 is 0 Å². The topological polar surface area (TPSA) is 138 Å². The van der Waals surface area contributed by atoms with Gasteiger partial charge in [0.1, 0.15) is 6.54 Å². The molecule has 40 heavy (non-hydrogen) atoms. The summed E-state index contributed by atoms with van der Waals surface area (Å²) in [5, 5.41) is 12.9. The highest BCUT2D eigenvalue weighted by atomic mass is 19.4. The van der Waals surface area contributed by atoms with Crippen LogP contribution in [0.1, 0.15) is 20.8 Å². The number of imidazole rings is 1. The molecule has 0 saturated carbocycles. The van der Waals surface area contributed by atoms with Gasteiger partial charge in [-0.1, -0.05) is 0 Å². The maximum atomic E-state index is 13.8. The Hall–Kier alpha value is -3.79. The van der Waals surface area contributed by atoms with E-state index in [0.29, 0.717) is 63.9 Å². The minimum absolute atomic E-state index is 0.0404. The molecule has 0 radical (unpaired) electrons. The minimum atomic E-state index is -4.52. The lowest BCUT2D eigenvalue weighted by Gasteiger charge is -2.30. The van der Waals surface area contributed by atoms with Crippen molar-refractivity contribution in [3.05, 3.63) is 12.4 Å². The van der Waals surface area contributed by atoms with Crippen LogP contribution in [0.15, 0.2) is 12.4 Å². The van der Waals surface area contributed by atoms with Crippen molar-refractivity contribution in [2.45, 2.75) is 39.0 Å². The van der Waals surface area contributed by atoms with Crippen molar-refractivity contribution in [2.75, 3.05) is 67.2 Å². The minimum Gasteiger partial charge on any atom is -0.465 e. The van der Waals surface area contributed by atoms with Crippen molar-refractivity contribution in [3.8, 4) is 11.4 Å². The van der Waals surface area contributed by atoms with E-state index in [9.17, 15) is 23.1 Å². The molecule has 16 heteroatoms. The summed E-state index contributed by atoms with van der Waals surface area (Å²) in [4.78, 5) is 39.0. The Labute approximate surface area is 228 Å². The van der Waals surface area contributed by atoms with Gasteiger partial charge in [0.25, 0.3) is 0 Å². The largest absolute Gasteiger partial charge is 0.465 e. The van der Waals surface area contributed by atoms with Crippen LogP contribution in [-0.2, 0) is 11.3 Å². The first-order chi connectivity index (χ1) is 18.9. The zero-order chi connectivity index (χ0) is 28.7. The summed E-state index contributed by atoms with van der Waals surface area (Å²) in [7, 11) is 0. The van der Waals surface area contributed by atoms with E-state index in [1.807, 2.05) is 9.80 Å². The molecule has 0 spiro atoms. The fraction of sp³-hybridized carbons (Fsp3) is 0.583. The number of aromatic nitrogens is 6. The van der Waals surface area contributed by atoms with E-state index < -0.39 is 24.4 Å². The number of rotatable bonds is 5. The van der Waals surface area contributed by atoms with Gasteiger partial charge in [0.2, 0.25) is 11.9 Å². The summed E-state index contributed by atoms with van der Waals surface area (Å²) < 4.78 is 48.1. The fourth-order valence-corrected chi connectivity index (χ4v) is 4.76. The maximum Gasteiger partial charge on any atom is 0.414 e. The number of hydrogen-bond donors (Lipinski definition) is 2. The van der Waals surface area contributed by atoms with E-state index in [1.165, 1.54) is 12.4 Å². The Bertz CT molecular complexity index is 1360. The Balaban J connectivity index is 1.66. The van der Waals surface area contributed by atoms with Crippen molar-refractivity contribution in [3.63, 3.8) is 0 Å². The Morgan fingerprint density at radius 2 is 1.68 bits per heavy atom. The van der Waals surface area contributed by atoms with E-state index in [1.54, 1.807) is 20.8 Å². The maximum absolute atomic E-state index is 13.8. The molecule has 216 valence electrons. The molecule has 3 aromatic heterocycles. The van der Waals surface area contributed by atoms with Gasteiger partial charge < -0.3 is 25.0 Å². The number of morpholine rings is 1. The first kappa shape index (κ1) is 27.8. The number of hydrogen-bond acceptors (Lipinski definition) is 10. The molecule has 2 saturated heterocycles. The molecule has 0 aromatic carbocycles. The third-order valence-corrected chi connectivity index (χ3v) is 6.56. The van der Waals surface area contributed by atoms with Crippen LogP contribution in [0.25, 0.3) is 22.6 Å². The van der Waals surface area contributed by atoms with Crippen LogP contribution < -0.4 is 20.0 Å². The molecule has 2 aliphatic rings.